The highest BCUT2D eigenvalue weighted by molar-refractivity contribution is 6.03. The van der Waals surface area contributed by atoms with Gasteiger partial charge in [0.2, 0.25) is 11.7 Å². The summed E-state index contributed by atoms with van der Waals surface area (Å²) in [6.45, 7) is 3.82. The Labute approximate surface area is 151 Å². The van der Waals surface area contributed by atoms with E-state index in [1.165, 1.54) is 6.08 Å². The van der Waals surface area contributed by atoms with Crippen molar-refractivity contribution in [2.75, 3.05) is 11.9 Å². The Kier molecular flexibility index (Phi) is 5.17. The van der Waals surface area contributed by atoms with Crippen molar-refractivity contribution in [1.82, 2.24) is 0 Å². The second kappa shape index (κ2) is 7.70. The van der Waals surface area contributed by atoms with Crippen molar-refractivity contribution in [3.63, 3.8) is 0 Å². The molecule has 0 saturated heterocycles. The Hall–Kier alpha value is -3.34. The Morgan fingerprint density at radius 3 is 2.65 bits per heavy atom. The lowest BCUT2D eigenvalue weighted by atomic mass is 10.1. The number of carbonyl (C=O) groups is 2. The Balaban J connectivity index is 1.78. The van der Waals surface area contributed by atoms with Crippen LogP contribution < -0.4 is 5.32 Å². The molecule has 0 unspecified atom stereocenters. The van der Waals surface area contributed by atoms with Crippen molar-refractivity contribution >= 4 is 34.6 Å². The molecule has 3 rings (SSSR count). The van der Waals surface area contributed by atoms with Crippen molar-refractivity contribution in [3.05, 3.63) is 71.5 Å². The highest BCUT2D eigenvalue weighted by Crippen LogP contribution is 2.28. The fraction of sp³-hybridized carbons (Fsp3) is 0.143. The number of benzene rings is 2. The highest BCUT2D eigenvalue weighted by atomic mass is 16.5. The summed E-state index contributed by atoms with van der Waals surface area (Å²) in [7, 11) is 0. The van der Waals surface area contributed by atoms with E-state index in [4.69, 9.17) is 9.15 Å². The van der Waals surface area contributed by atoms with Gasteiger partial charge in [0, 0.05) is 22.7 Å². The van der Waals surface area contributed by atoms with E-state index in [2.05, 4.69) is 5.32 Å². The zero-order valence-electron chi connectivity index (χ0n) is 14.6. The normalized spacial score (nSPS) is 11.0. The van der Waals surface area contributed by atoms with Crippen LogP contribution in [0.5, 0.6) is 0 Å². The lowest BCUT2D eigenvalue weighted by Crippen LogP contribution is -2.07. The molecule has 0 bridgehead atoms. The summed E-state index contributed by atoms with van der Waals surface area (Å²) in [6.07, 6.45) is 3.22. The van der Waals surface area contributed by atoms with Gasteiger partial charge in [0.15, 0.2) is 0 Å². The minimum Gasteiger partial charge on any atom is -0.460 e. The summed E-state index contributed by atoms with van der Waals surface area (Å²) < 4.78 is 10.6. The minimum absolute atomic E-state index is 0.189. The van der Waals surface area contributed by atoms with Gasteiger partial charge in [-0.2, -0.15) is 0 Å². The minimum atomic E-state index is -0.488. The SMILES string of the molecule is CCOC(=O)c1oc2ccc(NC(=O)C=Cc3ccccc3)cc2c1C. The highest BCUT2D eigenvalue weighted by Gasteiger charge is 2.18. The number of esters is 1. The maximum Gasteiger partial charge on any atom is 0.374 e. The summed E-state index contributed by atoms with van der Waals surface area (Å²) in [6, 6.07) is 14.8. The fourth-order valence-corrected chi connectivity index (χ4v) is 2.61. The summed E-state index contributed by atoms with van der Waals surface area (Å²) in [5.41, 5.74) is 2.83. The Morgan fingerprint density at radius 2 is 1.92 bits per heavy atom. The number of hydrogen-bond acceptors (Lipinski definition) is 4. The van der Waals surface area contributed by atoms with E-state index in [1.54, 1.807) is 38.1 Å². The quantitative estimate of drug-likeness (QED) is 0.541. The van der Waals surface area contributed by atoms with Gasteiger partial charge in [-0.1, -0.05) is 30.3 Å². The average Bonchev–Trinajstić information content (AvgIpc) is 2.98. The maximum absolute atomic E-state index is 12.1. The third kappa shape index (κ3) is 3.83. The first-order valence-electron chi connectivity index (χ1n) is 8.33. The number of carbonyl (C=O) groups excluding carboxylic acids is 2. The topological polar surface area (TPSA) is 68.5 Å². The zero-order chi connectivity index (χ0) is 18.5. The van der Waals surface area contributed by atoms with E-state index in [1.807, 2.05) is 30.3 Å². The Morgan fingerprint density at radius 1 is 1.15 bits per heavy atom. The van der Waals surface area contributed by atoms with E-state index >= 15 is 0 Å². The van der Waals surface area contributed by atoms with Crippen LogP contribution in [0, 0.1) is 6.92 Å². The summed E-state index contributed by atoms with van der Waals surface area (Å²) >= 11 is 0. The molecule has 3 aromatic rings. The summed E-state index contributed by atoms with van der Waals surface area (Å²) in [4.78, 5) is 24.0. The summed E-state index contributed by atoms with van der Waals surface area (Å²) in [5, 5.41) is 3.57. The first-order chi connectivity index (χ1) is 12.6. The van der Waals surface area contributed by atoms with Crippen molar-refractivity contribution in [2.24, 2.45) is 0 Å². The first-order valence-corrected chi connectivity index (χ1v) is 8.33. The van der Waals surface area contributed by atoms with Crippen LogP contribution in [0.15, 0.2) is 59.0 Å². The molecule has 0 aliphatic carbocycles. The van der Waals surface area contributed by atoms with Crippen molar-refractivity contribution in [1.29, 1.82) is 0 Å². The number of fused-ring (bicyclic) bond motifs is 1. The smallest absolute Gasteiger partial charge is 0.374 e. The van der Waals surface area contributed by atoms with Crippen LogP contribution in [0.25, 0.3) is 17.0 Å². The number of aryl methyl sites for hydroxylation is 1. The lowest BCUT2D eigenvalue weighted by molar-refractivity contribution is -0.111. The predicted octanol–water partition coefficient (Wildman–Crippen LogP) is 4.57. The van der Waals surface area contributed by atoms with Gasteiger partial charge in [-0.05, 0) is 43.7 Å². The van der Waals surface area contributed by atoms with Gasteiger partial charge in [0.1, 0.15) is 5.58 Å². The van der Waals surface area contributed by atoms with E-state index in [0.29, 0.717) is 16.8 Å². The number of anilines is 1. The number of amides is 1. The van der Waals surface area contributed by atoms with Crippen molar-refractivity contribution in [2.45, 2.75) is 13.8 Å². The zero-order valence-corrected chi connectivity index (χ0v) is 14.6. The van der Waals surface area contributed by atoms with Gasteiger partial charge in [0.05, 0.1) is 6.61 Å². The molecule has 1 N–H and O–H groups in total. The van der Waals surface area contributed by atoms with Gasteiger partial charge in [0.25, 0.3) is 0 Å². The number of hydrogen-bond donors (Lipinski definition) is 1. The molecule has 0 aliphatic heterocycles. The van der Waals surface area contributed by atoms with Crippen LogP contribution in [0.4, 0.5) is 5.69 Å². The maximum atomic E-state index is 12.1. The van der Waals surface area contributed by atoms with Crippen molar-refractivity contribution in [3.8, 4) is 0 Å². The van der Waals surface area contributed by atoms with Crippen LogP contribution in [0.3, 0.4) is 0 Å². The van der Waals surface area contributed by atoms with Crippen LogP contribution in [0.1, 0.15) is 28.6 Å². The molecule has 26 heavy (non-hydrogen) atoms. The second-order valence-corrected chi connectivity index (χ2v) is 5.72. The molecule has 2 aromatic carbocycles. The predicted molar refractivity (Wildman–Crippen MR) is 101 cm³/mol. The molecule has 0 aliphatic rings. The molecule has 5 nitrogen and oxygen atoms in total. The van der Waals surface area contributed by atoms with Crippen LogP contribution in [-0.4, -0.2) is 18.5 Å². The molecular formula is C21H19NO4. The van der Waals surface area contributed by atoms with E-state index < -0.39 is 5.97 Å². The second-order valence-electron chi connectivity index (χ2n) is 5.72. The largest absolute Gasteiger partial charge is 0.460 e. The van der Waals surface area contributed by atoms with E-state index in [-0.39, 0.29) is 18.3 Å². The van der Waals surface area contributed by atoms with Gasteiger partial charge in [-0.3, -0.25) is 4.79 Å². The van der Waals surface area contributed by atoms with Gasteiger partial charge in [-0.25, -0.2) is 4.79 Å². The van der Waals surface area contributed by atoms with Gasteiger partial charge in [-0.15, -0.1) is 0 Å². The molecule has 0 fully saturated rings. The standard InChI is InChI=1S/C21H19NO4/c1-3-25-21(24)20-14(2)17-13-16(10-11-18(17)26-20)22-19(23)12-9-15-7-5-4-6-8-15/h4-13H,3H2,1-2H3,(H,22,23). The molecule has 5 heteroatoms. The molecule has 1 aromatic heterocycles. The molecule has 0 saturated carbocycles. The van der Waals surface area contributed by atoms with Gasteiger partial charge < -0.3 is 14.5 Å². The lowest BCUT2D eigenvalue weighted by Gasteiger charge is -2.02. The fourth-order valence-electron chi connectivity index (χ4n) is 2.61. The van der Waals surface area contributed by atoms with Crippen LogP contribution in [-0.2, 0) is 9.53 Å². The molecular weight excluding hydrogens is 330 g/mol. The molecule has 0 atom stereocenters. The third-order valence-corrected chi connectivity index (χ3v) is 3.89. The third-order valence-electron chi connectivity index (χ3n) is 3.89. The number of ether oxygens (including phenoxy) is 1. The van der Waals surface area contributed by atoms with Gasteiger partial charge >= 0.3 is 5.97 Å². The van der Waals surface area contributed by atoms with Crippen LogP contribution in [0.2, 0.25) is 0 Å². The van der Waals surface area contributed by atoms with Crippen LogP contribution >= 0.6 is 0 Å². The van der Waals surface area contributed by atoms with E-state index in [9.17, 15) is 9.59 Å². The molecule has 0 spiro atoms. The number of nitrogens with one attached hydrogen (secondary N) is 1. The van der Waals surface area contributed by atoms with Crippen molar-refractivity contribution < 1.29 is 18.7 Å². The number of rotatable bonds is 5. The van der Waals surface area contributed by atoms with E-state index in [0.717, 1.165) is 10.9 Å². The number of furan rings is 1. The average molecular weight is 349 g/mol. The monoisotopic (exact) mass is 349 g/mol. The Bertz CT molecular complexity index is 970. The molecule has 1 amide bonds. The first kappa shape index (κ1) is 17.5. The summed E-state index contributed by atoms with van der Waals surface area (Å²) in [5.74, 6) is -0.535. The molecule has 1 heterocycles. The molecule has 0 radical (unpaired) electrons. The molecule has 132 valence electrons.